The Balaban J connectivity index is 3.81. The fourth-order valence-electron chi connectivity index (χ4n) is 1.19. The second-order valence-electron chi connectivity index (χ2n) is 3.25. The minimum atomic E-state index is -0.580. The summed E-state index contributed by atoms with van der Waals surface area (Å²) in [6.07, 6.45) is 3.50. The van der Waals surface area contributed by atoms with Gasteiger partial charge in [0.1, 0.15) is 10.7 Å². The highest BCUT2D eigenvalue weighted by Crippen LogP contribution is 1.68. The zero-order valence-electron chi connectivity index (χ0n) is 9.04. The summed E-state index contributed by atoms with van der Waals surface area (Å²) in [7, 11) is 0. The molecule has 0 atom stereocenters. The first-order valence-corrected chi connectivity index (χ1v) is 4.72. The molecule has 16 heavy (non-hydrogen) atoms. The maximum Gasteiger partial charge on any atom is 0.213 e. The standard InChI is InChI=1S/C12H12N2O2/c1-4-5-6-14-10-9(13)11(15)7(2)8(3)12(10)16/h4-5,13H,2-3,6H2,1H3/b5-4+,13-9?,14-10+. The second-order valence-corrected chi connectivity index (χ2v) is 3.25. The summed E-state index contributed by atoms with van der Waals surface area (Å²) in [4.78, 5) is 27.1. The molecule has 0 spiro atoms. The summed E-state index contributed by atoms with van der Waals surface area (Å²) < 4.78 is 0. The Morgan fingerprint density at radius 1 is 1.25 bits per heavy atom. The molecular weight excluding hydrogens is 204 g/mol. The number of nitrogens with zero attached hydrogens (tertiary/aromatic N) is 1. The van der Waals surface area contributed by atoms with Crippen LogP contribution in [0.2, 0.25) is 0 Å². The van der Waals surface area contributed by atoms with Crippen LogP contribution in [0.15, 0.2) is 26.7 Å². The van der Waals surface area contributed by atoms with Gasteiger partial charge in [-0.2, -0.15) is 0 Å². The Labute approximate surface area is 91.5 Å². The first-order chi connectivity index (χ1) is 7.50. The van der Waals surface area contributed by atoms with Gasteiger partial charge < -0.3 is 0 Å². The predicted molar refractivity (Wildman–Crippen MR) is 62.7 cm³/mol. The van der Waals surface area contributed by atoms with E-state index in [1.807, 2.05) is 6.92 Å². The average Bonchev–Trinajstić information content (AvgIpc) is 2.28. The van der Waals surface area contributed by atoms with E-state index in [0.717, 1.165) is 0 Å². The van der Waals surface area contributed by atoms with Gasteiger partial charge in [0, 0.05) is 10.4 Å². The van der Waals surface area contributed by atoms with Gasteiger partial charge in [0.15, 0.2) is 0 Å². The van der Waals surface area contributed by atoms with Crippen molar-refractivity contribution in [1.29, 1.82) is 5.41 Å². The van der Waals surface area contributed by atoms with Crippen molar-refractivity contribution in [2.75, 3.05) is 6.54 Å². The summed E-state index contributed by atoms with van der Waals surface area (Å²) in [5, 5.41) is 7.00. The summed E-state index contributed by atoms with van der Waals surface area (Å²) in [6, 6.07) is 0. The van der Waals surface area contributed by atoms with Crippen molar-refractivity contribution in [2.45, 2.75) is 6.92 Å². The lowest BCUT2D eigenvalue weighted by Crippen LogP contribution is -2.63. The van der Waals surface area contributed by atoms with Crippen LogP contribution >= 0.6 is 0 Å². The van der Waals surface area contributed by atoms with Crippen LogP contribution in [0.5, 0.6) is 0 Å². The average molecular weight is 216 g/mol. The van der Waals surface area contributed by atoms with Crippen molar-refractivity contribution in [3.05, 3.63) is 53.8 Å². The first kappa shape index (κ1) is 12.0. The fraction of sp³-hybridized carbons (Fsp3) is 0.167. The van der Waals surface area contributed by atoms with Crippen LogP contribution in [-0.2, 0) is 0 Å². The molecule has 0 unspecified atom stereocenters. The Morgan fingerprint density at radius 2 is 1.81 bits per heavy atom. The molecule has 0 amide bonds. The second kappa shape index (κ2) is 4.61. The Kier molecular flexibility index (Phi) is 3.45. The fourth-order valence-corrected chi connectivity index (χ4v) is 1.19. The molecule has 0 bridgehead atoms. The minimum Gasteiger partial charge on any atom is -0.295 e. The number of nitrogens with one attached hydrogen (secondary N) is 1. The van der Waals surface area contributed by atoms with Crippen LogP contribution in [0.25, 0.3) is 13.2 Å². The van der Waals surface area contributed by atoms with Gasteiger partial charge in [-0.3, -0.25) is 20.0 Å². The van der Waals surface area contributed by atoms with Gasteiger partial charge in [-0.15, -0.1) is 0 Å². The van der Waals surface area contributed by atoms with Gasteiger partial charge in [-0.1, -0.05) is 25.3 Å². The molecule has 0 aliphatic heterocycles. The molecule has 1 N–H and O–H groups in total. The van der Waals surface area contributed by atoms with Crippen LogP contribution in [0.4, 0.5) is 0 Å². The summed E-state index contributed by atoms with van der Waals surface area (Å²) >= 11 is 0. The number of allylic oxidation sites excluding steroid dienone is 1. The molecule has 0 heterocycles. The van der Waals surface area contributed by atoms with E-state index in [4.69, 9.17) is 5.41 Å². The molecule has 1 rings (SSSR count). The molecule has 0 saturated carbocycles. The van der Waals surface area contributed by atoms with Crippen molar-refractivity contribution in [1.82, 2.24) is 0 Å². The Bertz CT molecular complexity index is 684. The van der Waals surface area contributed by atoms with Gasteiger partial charge in [-0.25, -0.2) is 0 Å². The van der Waals surface area contributed by atoms with E-state index in [2.05, 4.69) is 18.2 Å². The highest BCUT2D eigenvalue weighted by atomic mass is 16.1. The maximum absolute atomic E-state index is 11.7. The molecule has 82 valence electrons. The van der Waals surface area contributed by atoms with Crippen molar-refractivity contribution < 1.29 is 0 Å². The van der Waals surface area contributed by atoms with Gasteiger partial charge in [0.2, 0.25) is 10.9 Å². The molecule has 0 saturated heterocycles. The van der Waals surface area contributed by atoms with Crippen molar-refractivity contribution in [3.63, 3.8) is 0 Å². The van der Waals surface area contributed by atoms with E-state index >= 15 is 0 Å². The van der Waals surface area contributed by atoms with E-state index in [1.165, 1.54) is 0 Å². The molecule has 0 aliphatic carbocycles. The molecule has 4 nitrogen and oxygen atoms in total. The number of hydrogen-bond donors (Lipinski definition) is 1. The highest BCUT2D eigenvalue weighted by molar-refractivity contribution is 5.16. The quantitative estimate of drug-likeness (QED) is 0.584. The summed E-state index contributed by atoms with van der Waals surface area (Å²) in [5.41, 5.74) is -1.07. The molecule has 1 aromatic carbocycles. The van der Waals surface area contributed by atoms with E-state index in [-0.39, 0.29) is 22.3 Å². The van der Waals surface area contributed by atoms with Gasteiger partial charge >= 0.3 is 0 Å². The molecule has 0 radical (unpaired) electrons. The van der Waals surface area contributed by atoms with E-state index in [0.29, 0.717) is 0 Å². The van der Waals surface area contributed by atoms with E-state index in [9.17, 15) is 9.59 Å². The van der Waals surface area contributed by atoms with Crippen LogP contribution in [0.3, 0.4) is 0 Å². The summed E-state index contributed by atoms with van der Waals surface area (Å²) in [5.74, 6) is 0. The lowest BCUT2D eigenvalue weighted by Gasteiger charge is -1.87. The third-order valence-electron chi connectivity index (χ3n) is 2.18. The van der Waals surface area contributed by atoms with E-state index < -0.39 is 16.2 Å². The molecule has 0 aromatic heterocycles. The smallest absolute Gasteiger partial charge is 0.213 e. The van der Waals surface area contributed by atoms with Gasteiger partial charge in [0.25, 0.3) is 0 Å². The van der Waals surface area contributed by atoms with E-state index in [1.54, 1.807) is 12.2 Å². The van der Waals surface area contributed by atoms with Crippen LogP contribution in [0, 0.1) is 5.41 Å². The monoisotopic (exact) mass is 216 g/mol. The zero-order chi connectivity index (χ0) is 12.3. The molecule has 1 aromatic rings. The highest BCUT2D eigenvalue weighted by Gasteiger charge is 2.01. The van der Waals surface area contributed by atoms with Crippen LogP contribution in [-0.4, -0.2) is 6.54 Å². The van der Waals surface area contributed by atoms with Crippen molar-refractivity contribution in [2.24, 2.45) is 4.99 Å². The predicted octanol–water partition coefficient (Wildman–Crippen LogP) is -1.94. The largest absolute Gasteiger partial charge is 0.295 e. The Hall–Kier alpha value is -2.10. The van der Waals surface area contributed by atoms with Gasteiger partial charge in [0.05, 0.1) is 6.54 Å². The molecule has 4 heteroatoms. The van der Waals surface area contributed by atoms with Gasteiger partial charge in [-0.05, 0) is 6.92 Å². The first-order valence-electron chi connectivity index (χ1n) is 4.72. The number of benzene rings is 1. The minimum absolute atomic E-state index is 0.0139. The normalized spacial score (nSPS) is 12.4. The third kappa shape index (κ3) is 1.95. The van der Waals surface area contributed by atoms with Crippen LogP contribution in [0.1, 0.15) is 6.92 Å². The van der Waals surface area contributed by atoms with Crippen molar-refractivity contribution in [3.8, 4) is 0 Å². The van der Waals surface area contributed by atoms with Crippen molar-refractivity contribution >= 4 is 13.2 Å². The number of hydrogen-bond acceptors (Lipinski definition) is 4. The SMILES string of the molecule is C=c1c(=C)c(=O)/c(=N/C/C=C/C)c(=N)c1=O. The zero-order valence-corrected chi connectivity index (χ0v) is 9.04. The maximum atomic E-state index is 11.7. The molecule has 0 aliphatic rings. The third-order valence-corrected chi connectivity index (χ3v) is 2.18. The lowest BCUT2D eigenvalue weighted by molar-refractivity contribution is 1.03. The topological polar surface area (TPSA) is 70.3 Å². The molecule has 0 fully saturated rings. The number of rotatable bonds is 2. The molecular formula is C12H12N2O2. The lowest BCUT2D eigenvalue weighted by atomic mass is 10.2. The Morgan fingerprint density at radius 3 is 2.38 bits per heavy atom. The summed E-state index contributed by atoms with van der Waals surface area (Å²) in [6.45, 7) is 8.99. The van der Waals surface area contributed by atoms with Crippen LogP contribution < -0.4 is 32.0 Å².